The zero-order chi connectivity index (χ0) is 13.1. The van der Waals surface area contributed by atoms with Crippen LogP contribution in [0.2, 0.25) is 0 Å². The molecular formula is C11H18O5S. The van der Waals surface area contributed by atoms with Crippen LogP contribution in [0.3, 0.4) is 0 Å². The van der Waals surface area contributed by atoms with Crippen LogP contribution in [-0.2, 0) is 23.8 Å². The van der Waals surface area contributed by atoms with Crippen LogP contribution in [0.25, 0.3) is 0 Å². The lowest BCUT2D eigenvalue weighted by molar-refractivity contribution is -0.141. The first-order valence-electron chi connectivity index (χ1n) is 5.42. The Kier molecular flexibility index (Phi) is 8.46. The number of hydrogen-bond donors (Lipinski definition) is 0. The molecule has 0 aromatic heterocycles. The van der Waals surface area contributed by atoms with Gasteiger partial charge in [-0.05, 0) is 12.8 Å². The lowest BCUT2D eigenvalue weighted by Gasteiger charge is -2.03. The molecule has 0 saturated heterocycles. The zero-order valence-corrected chi connectivity index (χ0v) is 10.8. The summed E-state index contributed by atoms with van der Waals surface area (Å²) in [4.78, 5) is 10.4. The smallest absolute Gasteiger partial charge is 0.302 e. The number of carbonyl (C=O) groups is 1. The van der Waals surface area contributed by atoms with Crippen molar-refractivity contribution in [2.45, 2.75) is 32.6 Å². The van der Waals surface area contributed by atoms with Crippen molar-refractivity contribution in [3.05, 3.63) is 0 Å². The normalized spacial score (nSPS) is 10.8. The molecule has 0 N–H and O–H groups in total. The van der Waals surface area contributed by atoms with E-state index >= 15 is 0 Å². The maximum Gasteiger partial charge on any atom is 0.302 e. The van der Waals surface area contributed by atoms with Crippen LogP contribution in [0.4, 0.5) is 0 Å². The Morgan fingerprint density at radius 3 is 2.47 bits per heavy atom. The fourth-order valence-electron chi connectivity index (χ4n) is 1.13. The summed E-state index contributed by atoms with van der Waals surface area (Å²) >= 11 is 0. The first kappa shape index (κ1) is 15.9. The van der Waals surface area contributed by atoms with Gasteiger partial charge in [-0.3, -0.25) is 8.98 Å². The van der Waals surface area contributed by atoms with Crippen LogP contribution in [-0.4, -0.2) is 33.4 Å². The van der Waals surface area contributed by atoms with Gasteiger partial charge in [0.2, 0.25) is 0 Å². The predicted molar refractivity (Wildman–Crippen MR) is 63.7 cm³/mol. The van der Waals surface area contributed by atoms with Crippen molar-refractivity contribution >= 4 is 16.1 Å². The van der Waals surface area contributed by atoms with Crippen molar-refractivity contribution in [1.82, 2.24) is 0 Å². The third kappa shape index (κ3) is 11.2. The highest BCUT2D eigenvalue weighted by atomic mass is 32.2. The molecule has 0 heterocycles. The second kappa shape index (κ2) is 9.02. The Balaban J connectivity index is 3.45. The summed E-state index contributed by atoms with van der Waals surface area (Å²) in [7, 11) is -3.48. The summed E-state index contributed by atoms with van der Waals surface area (Å²) in [5.41, 5.74) is 0. The zero-order valence-electron chi connectivity index (χ0n) is 9.98. The van der Waals surface area contributed by atoms with Gasteiger partial charge >= 0.3 is 5.97 Å². The van der Waals surface area contributed by atoms with E-state index in [0.29, 0.717) is 13.0 Å². The molecule has 0 unspecified atom stereocenters. The van der Waals surface area contributed by atoms with Gasteiger partial charge in [-0.1, -0.05) is 18.8 Å². The van der Waals surface area contributed by atoms with Crippen LogP contribution in [0.5, 0.6) is 0 Å². The molecule has 0 amide bonds. The maximum atomic E-state index is 11.2. The van der Waals surface area contributed by atoms with E-state index in [4.69, 9.17) is 11.2 Å². The Labute approximate surface area is 103 Å². The molecule has 5 nitrogen and oxygen atoms in total. The van der Waals surface area contributed by atoms with Gasteiger partial charge in [0, 0.05) is 6.92 Å². The minimum absolute atomic E-state index is 0.0256. The molecule has 0 radical (unpaired) electrons. The monoisotopic (exact) mass is 262 g/mol. The molecule has 0 aliphatic rings. The Bertz CT molecular complexity index is 353. The second-order valence-electron chi connectivity index (χ2n) is 3.48. The number of unbranched alkanes of at least 4 members (excludes halogenated alkanes) is 3. The third-order valence-corrected chi connectivity index (χ3v) is 3.18. The van der Waals surface area contributed by atoms with Crippen molar-refractivity contribution in [2.75, 3.05) is 19.0 Å². The van der Waals surface area contributed by atoms with Crippen molar-refractivity contribution in [1.29, 1.82) is 0 Å². The second-order valence-corrected chi connectivity index (χ2v) is 5.24. The number of carbonyl (C=O) groups excluding carboxylic acids is 1. The first-order valence-corrected chi connectivity index (χ1v) is 6.99. The van der Waals surface area contributed by atoms with E-state index in [1.165, 1.54) is 6.92 Å². The summed E-state index contributed by atoms with van der Waals surface area (Å²) in [6, 6.07) is 0. The molecule has 0 aliphatic carbocycles. The number of rotatable bonds is 9. The fraction of sp³-hybridized carbons (Fsp3) is 0.727. The number of esters is 1. The van der Waals surface area contributed by atoms with Crippen LogP contribution < -0.4 is 0 Å². The lowest BCUT2D eigenvalue weighted by Crippen LogP contribution is -2.10. The van der Waals surface area contributed by atoms with Gasteiger partial charge in [0.15, 0.2) is 0 Å². The van der Waals surface area contributed by atoms with E-state index in [2.05, 4.69) is 10.1 Å². The molecule has 6 heteroatoms. The summed E-state index contributed by atoms with van der Waals surface area (Å²) in [5, 5.41) is 0. The molecule has 0 spiro atoms. The summed E-state index contributed by atoms with van der Waals surface area (Å²) < 4.78 is 31.6. The first-order chi connectivity index (χ1) is 7.98. The molecule has 0 aliphatic heterocycles. The maximum absolute atomic E-state index is 11.2. The average molecular weight is 262 g/mol. The van der Waals surface area contributed by atoms with Gasteiger partial charge in [0.1, 0.15) is 6.61 Å². The van der Waals surface area contributed by atoms with Gasteiger partial charge in [-0.2, -0.15) is 8.42 Å². The highest BCUT2D eigenvalue weighted by Crippen LogP contribution is 2.04. The van der Waals surface area contributed by atoms with E-state index in [-0.39, 0.29) is 18.3 Å². The Hall–Kier alpha value is -1.06. The van der Waals surface area contributed by atoms with Gasteiger partial charge in [-0.25, -0.2) is 0 Å². The lowest BCUT2D eigenvalue weighted by atomic mass is 10.2. The minimum atomic E-state index is -3.48. The van der Waals surface area contributed by atoms with Crippen LogP contribution in [0, 0.1) is 12.3 Å². The highest BCUT2D eigenvalue weighted by Gasteiger charge is 2.09. The Morgan fingerprint density at radius 1 is 1.24 bits per heavy atom. The van der Waals surface area contributed by atoms with Gasteiger partial charge < -0.3 is 4.74 Å². The topological polar surface area (TPSA) is 69.7 Å². The predicted octanol–water partition coefficient (Wildman–Crippen LogP) is 1.09. The summed E-state index contributed by atoms with van der Waals surface area (Å²) in [5.74, 6) is 1.78. The molecule has 0 aromatic carbocycles. The molecule has 17 heavy (non-hydrogen) atoms. The van der Waals surface area contributed by atoms with Crippen LogP contribution in [0.15, 0.2) is 0 Å². The summed E-state index contributed by atoms with van der Waals surface area (Å²) in [6.07, 6.45) is 7.72. The van der Waals surface area contributed by atoms with Crippen molar-refractivity contribution < 1.29 is 22.1 Å². The molecule has 0 bridgehead atoms. The molecule has 0 saturated carbocycles. The van der Waals surface area contributed by atoms with Crippen molar-refractivity contribution in [3.63, 3.8) is 0 Å². The number of hydrogen-bond acceptors (Lipinski definition) is 5. The molecule has 0 atom stereocenters. The molecular weight excluding hydrogens is 244 g/mol. The van der Waals surface area contributed by atoms with Gasteiger partial charge in [-0.15, -0.1) is 6.42 Å². The summed E-state index contributed by atoms with van der Waals surface area (Å²) in [6.45, 7) is 1.53. The van der Waals surface area contributed by atoms with E-state index in [1.807, 2.05) is 0 Å². The fourth-order valence-corrected chi connectivity index (χ4v) is 2.06. The van der Waals surface area contributed by atoms with E-state index in [9.17, 15) is 13.2 Å². The van der Waals surface area contributed by atoms with E-state index in [0.717, 1.165) is 19.3 Å². The number of terminal acetylenes is 1. The average Bonchev–Trinajstić information content (AvgIpc) is 2.24. The van der Waals surface area contributed by atoms with Gasteiger partial charge in [0.05, 0.1) is 12.4 Å². The third-order valence-electron chi connectivity index (χ3n) is 1.92. The largest absolute Gasteiger partial charge is 0.466 e. The standard InChI is InChI=1S/C11H18O5S/c1-3-8-16-17(13,14)10-7-5-4-6-9-15-11(2)12/h1H,4-10H2,2H3. The molecule has 0 fully saturated rings. The van der Waals surface area contributed by atoms with Gasteiger partial charge in [0.25, 0.3) is 10.1 Å². The van der Waals surface area contributed by atoms with Crippen molar-refractivity contribution in [2.24, 2.45) is 0 Å². The minimum Gasteiger partial charge on any atom is -0.466 e. The Morgan fingerprint density at radius 2 is 1.88 bits per heavy atom. The number of ether oxygens (including phenoxy) is 1. The molecule has 0 rings (SSSR count). The van der Waals surface area contributed by atoms with Crippen LogP contribution >= 0.6 is 0 Å². The molecule has 0 aromatic rings. The highest BCUT2D eigenvalue weighted by molar-refractivity contribution is 7.86. The quantitative estimate of drug-likeness (QED) is 0.269. The SMILES string of the molecule is C#CCOS(=O)(=O)CCCCCCOC(C)=O. The van der Waals surface area contributed by atoms with Crippen LogP contribution in [0.1, 0.15) is 32.6 Å². The molecule has 98 valence electrons. The van der Waals surface area contributed by atoms with Crippen molar-refractivity contribution in [3.8, 4) is 12.3 Å². The van der Waals surface area contributed by atoms with E-state index < -0.39 is 10.1 Å². The van der Waals surface area contributed by atoms with E-state index in [1.54, 1.807) is 0 Å².